The van der Waals surface area contributed by atoms with Crippen LogP contribution in [0.3, 0.4) is 0 Å². The molecule has 0 radical (unpaired) electrons. The number of thiol groups is 1. The lowest BCUT2D eigenvalue weighted by atomic mass is 9.78. The summed E-state index contributed by atoms with van der Waals surface area (Å²) in [7, 11) is -0.372. The Hall–Kier alpha value is -0.745. The first-order valence-electron chi connectivity index (χ1n) is 8.16. The van der Waals surface area contributed by atoms with E-state index in [4.69, 9.17) is 14.4 Å². The second-order valence-corrected chi connectivity index (χ2v) is 7.31. The van der Waals surface area contributed by atoms with Crippen molar-refractivity contribution in [2.45, 2.75) is 51.7 Å². The minimum absolute atomic E-state index is 0.203. The van der Waals surface area contributed by atoms with E-state index in [1.54, 1.807) is 0 Å². The van der Waals surface area contributed by atoms with Crippen LogP contribution >= 0.6 is 12.6 Å². The van der Waals surface area contributed by atoms with Crippen molar-refractivity contribution in [2.24, 2.45) is 0 Å². The van der Waals surface area contributed by atoms with Crippen LogP contribution in [0.25, 0.3) is 6.08 Å². The molecule has 0 aliphatic carbocycles. The molecule has 0 aromatic heterocycles. The van der Waals surface area contributed by atoms with E-state index in [9.17, 15) is 0 Å². The van der Waals surface area contributed by atoms with Gasteiger partial charge < -0.3 is 14.4 Å². The Morgan fingerprint density at radius 1 is 1.17 bits per heavy atom. The van der Waals surface area contributed by atoms with Gasteiger partial charge in [0.15, 0.2) is 0 Å². The monoisotopic (exact) mass is 334 g/mol. The molecule has 1 fully saturated rings. The molecule has 126 valence electrons. The quantitative estimate of drug-likeness (QED) is 0.617. The second kappa shape index (κ2) is 7.43. The van der Waals surface area contributed by atoms with E-state index in [0.717, 1.165) is 23.9 Å². The summed E-state index contributed by atoms with van der Waals surface area (Å²) >= 11 is 4.47. The van der Waals surface area contributed by atoms with Crippen LogP contribution in [0.4, 0.5) is 0 Å². The van der Waals surface area contributed by atoms with Crippen LogP contribution < -0.4 is 0 Å². The lowest BCUT2D eigenvalue weighted by molar-refractivity contribution is 0.00578. The topological polar surface area (TPSA) is 38.7 Å². The van der Waals surface area contributed by atoms with E-state index in [0.29, 0.717) is 5.75 Å². The van der Waals surface area contributed by atoms with Gasteiger partial charge in [-0.2, -0.15) is 12.6 Å². The van der Waals surface area contributed by atoms with E-state index >= 15 is 0 Å². The molecule has 1 aliphatic heterocycles. The maximum atomic E-state index is 9.07. The fourth-order valence-corrected chi connectivity index (χ4v) is 2.79. The van der Waals surface area contributed by atoms with E-state index < -0.39 is 0 Å². The predicted molar refractivity (Wildman–Crippen MR) is 99.8 cm³/mol. The zero-order chi connectivity index (χ0) is 17.1. The van der Waals surface area contributed by atoms with Gasteiger partial charge in [-0.05, 0) is 57.1 Å². The van der Waals surface area contributed by atoms with Crippen molar-refractivity contribution < 1.29 is 14.4 Å². The maximum absolute atomic E-state index is 9.07. The predicted octanol–water partition coefficient (Wildman–Crippen LogP) is 3.56. The van der Waals surface area contributed by atoms with Crippen LogP contribution in [-0.2, 0) is 15.7 Å². The molecule has 0 amide bonds. The van der Waals surface area contributed by atoms with Crippen molar-refractivity contribution in [3.63, 3.8) is 0 Å². The Bertz CT molecular complexity index is 553. The van der Waals surface area contributed by atoms with Crippen molar-refractivity contribution in [1.29, 1.82) is 0 Å². The highest BCUT2D eigenvalue weighted by atomic mass is 32.1. The molecule has 2 rings (SSSR count). The molecule has 5 heteroatoms. The van der Waals surface area contributed by atoms with Crippen LogP contribution in [0.5, 0.6) is 0 Å². The third-order valence-corrected chi connectivity index (χ3v) is 5.10. The highest BCUT2D eigenvalue weighted by molar-refractivity contribution is 7.80. The standard InChI is InChI=1S/C18H27BO3S/c1-17(2)18(3,4)22-19(21-17)16(13-23)12-15-9-6-5-8-14(15)10-7-11-20/h5-6,8-9,12,20,23H,7,10-11,13H2,1-4H3. The number of aliphatic hydroxyl groups excluding tert-OH is 1. The summed E-state index contributed by atoms with van der Waals surface area (Å²) in [4.78, 5) is 0. The van der Waals surface area contributed by atoms with Crippen molar-refractivity contribution in [2.75, 3.05) is 12.4 Å². The highest BCUT2D eigenvalue weighted by Crippen LogP contribution is 2.39. The van der Waals surface area contributed by atoms with Gasteiger partial charge in [-0.25, -0.2) is 0 Å². The molecule has 23 heavy (non-hydrogen) atoms. The van der Waals surface area contributed by atoms with Crippen molar-refractivity contribution in [1.82, 2.24) is 0 Å². The molecule has 0 bridgehead atoms. The van der Waals surface area contributed by atoms with Gasteiger partial charge >= 0.3 is 7.12 Å². The Balaban J connectivity index is 2.27. The number of aryl methyl sites for hydroxylation is 1. The maximum Gasteiger partial charge on any atom is 0.491 e. The Morgan fingerprint density at radius 3 is 2.35 bits per heavy atom. The zero-order valence-electron chi connectivity index (χ0n) is 14.5. The largest absolute Gasteiger partial charge is 0.491 e. The van der Waals surface area contributed by atoms with Gasteiger partial charge in [-0.15, -0.1) is 0 Å². The third kappa shape index (κ3) is 4.21. The summed E-state index contributed by atoms with van der Waals surface area (Å²) in [6, 6.07) is 8.23. The average Bonchev–Trinajstić information content (AvgIpc) is 2.71. The number of benzene rings is 1. The third-order valence-electron chi connectivity index (χ3n) is 4.74. The first-order chi connectivity index (χ1) is 10.8. The number of aliphatic hydroxyl groups is 1. The molecular formula is C18H27BO3S. The molecular weight excluding hydrogens is 307 g/mol. The van der Waals surface area contributed by atoms with Gasteiger partial charge in [0, 0.05) is 12.4 Å². The Kier molecular flexibility index (Phi) is 6.01. The summed E-state index contributed by atoms with van der Waals surface area (Å²) in [5, 5.41) is 9.07. The lowest BCUT2D eigenvalue weighted by Gasteiger charge is -2.32. The van der Waals surface area contributed by atoms with Gasteiger partial charge in [0.25, 0.3) is 0 Å². The molecule has 0 unspecified atom stereocenters. The number of hydrogen-bond acceptors (Lipinski definition) is 4. The van der Waals surface area contributed by atoms with Gasteiger partial charge in [-0.3, -0.25) is 0 Å². The van der Waals surface area contributed by atoms with Gasteiger partial charge in [0.05, 0.1) is 11.2 Å². The summed E-state index contributed by atoms with van der Waals surface area (Å²) in [5.41, 5.74) is 2.67. The van der Waals surface area contributed by atoms with Crippen molar-refractivity contribution >= 4 is 25.8 Å². The van der Waals surface area contributed by atoms with E-state index in [-0.39, 0.29) is 24.9 Å². The smallest absolute Gasteiger partial charge is 0.400 e. The van der Waals surface area contributed by atoms with Gasteiger partial charge in [0.2, 0.25) is 0 Å². The van der Waals surface area contributed by atoms with E-state index in [1.165, 1.54) is 5.56 Å². The molecule has 1 heterocycles. The fourth-order valence-electron chi connectivity index (χ4n) is 2.55. The van der Waals surface area contributed by atoms with Gasteiger partial charge in [0.1, 0.15) is 0 Å². The van der Waals surface area contributed by atoms with E-state index in [1.807, 2.05) is 12.1 Å². The zero-order valence-corrected chi connectivity index (χ0v) is 15.4. The highest BCUT2D eigenvalue weighted by Gasteiger charge is 2.52. The Labute approximate surface area is 145 Å². The van der Waals surface area contributed by atoms with Crippen LogP contribution in [0, 0.1) is 0 Å². The van der Waals surface area contributed by atoms with Crippen LogP contribution in [-0.4, -0.2) is 35.8 Å². The van der Waals surface area contributed by atoms with Gasteiger partial charge in [-0.1, -0.05) is 30.3 Å². The van der Waals surface area contributed by atoms with Crippen molar-refractivity contribution in [3.05, 3.63) is 40.9 Å². The average molecular weight is 334 g/mol. The van der Waals surface area contributed by atoms with E-state index in [2.05, 4.69) is 58.5 Å². The molecule has 0 spiro atoms. The molecule has 1 aromatic carbocycles. The van der Waals surface area contributed by atoms with Crippen LogP contribution in [0.2, 0.25) is 0 Å². The second-order valence-electron chi connectivity index (χ2n) is 6.99. The first kappa shape index (κ1) is 18.6. The van der Waals surface area contributed by atoms with Crippen LogP contribution in [0.1, 0.15) is 45.2 Å². The fraction of sp³-hybridized carbons (Fsp3) is 0.556. The summed E-state index contributed by atoms with van der Waals surface area (Å²) in [5.74, 6) is 0.575. The Morgan fingerprint density at radius 2 is 1.78 bits per heavy atom. The summed E-state index contributed by atoms with van der Waals surface area (Å²) < 4.78 is 12.3. The summed E-state index contributed by atoms with van der Waals surface area (Å²) in [6.45, 7) is 8.42. The molecule has 1 aromatic rings. The van der Waals surface area contributed by atoms with Crippen LogP contribution in [0.15, 0.2) is 29.7 Å². The lowest BCUT2D eigenvalue weighted by Crippen LogP contribution is -2.41. The summed E-state index contributed by atoms with van der Waals surface area (Å²) in [6.07, 6.45) is 3.73. The molecule has 1 N–H and O–H groups in total. The normalized spacial score (nSPS) is 20.1. The molecule has 1 saturated heterocycles. The molecule has 0 saturated carbocycles. The first-order valence-corrected chi connectivity index (χ1v) is 8.80. The molecule has 3 nitrogen and oxygen atoms in total. The number of rotatable bonds is 6. The minimum Gasteiger partial charge on any atom is -0.400 e. The minimum atomic E-state index is -0.372. The molecule has 0 atom stereocenters. The number of hydrogen-bond donors (Lipinski definition) is 2. The molecule has 1 aliphatic rings. The SMILES string of the molecule is CC1(C)OB(C(=Cc2ccccc2CCCO)CS)OC1(C)C. The van der Waals surface area contributed by atoms with Crippen molar-refractivity contribution in [3.8, 4) is 0 Å².